The molecule has 0 heterocycles. The van der Waals surface area contributed by atoms with Crippen LogP contribution in [-0.2, 0) is 11.2 Å². The van der Waals surface area contributed by atoms with Gasteiger partial charge in [-0.05, 0) is 30.7 Å². The Balaban J connectivity index is 2.55. The fourth-order valence-electron chi connectivity index (χ4n) is 1.75. The third kappa shape index (κ3) is 6.54. The summed E-state index contributed by atoms with van der Waals surface area (Å²) in [6, 6.07) is 4.02. The van der Waals surface area contributed by atoms with Crippen molar-refractivity contribution in [2.45, 2.75) is 25.6 Å². The molecule has 0 amide bonds. The molecule has 20 heavy (non-hydrogen) atoms. The first-order chi connectivity index (χ1) is 9.31. The van der Waals surface area contributed by atoms with Crippen LogP contribution in [0.1, 0.15) is 12.5 Å². The molecule has 0 bridgehead atoms. The number of ether oxygens (including phenoxy) is 1. The van der Waals surface area contributed by atoms with Crippen LogP contribution >= 0.6 is 11.6 Å². The highest BCUT2D eigenvalue weighted by Crippen LogP contribution is 2.17. The van der Waals surface area contributed by atoms with Crippen LogP contribution in [0.2, 0.25) is 5.02 Å². The van der Waals surface area contributed by atoms with Crippen LogP contribution in [0.15, 0.2) is 18.2 Å². The average molecular weight is 314 g/mol. The Morgan fingerprint density at radius 3 is 2.60 bits per heavy atom. The molecule has 0 aliphatic carbocycles. The van der Waals surface area contributed by atoms with Crippen LogP contribution < -0.4 is 5.32 Å². The summed E-state index contributed by atoms with van der Waals surface area (Å²) >= 11 is 5.57. The van der Waals surface area contributed by atoms with Crippen LogP contribution in [0.3, 0.4) is 0 Å². The summed E-state index contributed by atoms with van der Waals surface area (Å²) in [5.74, 6) is -0.546. The van der Waals surface area contributed by atoms with E-state index in [-0.39, 0.29) is 17.7 Å². The van der Waals surface area contributed by atoms with Gasteiger partial charge in [0.15, 0.2) is 0 Å². The van der Waals surface area contributed by atoms with Crippen LogP contribution in [0.5, 0.6) is 0 Å². The molecule has 0 aliphatic heterocycles. The van der Waals surface area contributed by atoms with E-state index >= 15 is 0 Å². The van der Waals surface area contributed by atoms with Gasteiger partial charge in [0.2, 0.25) is 0 Å². The summed E-state index contributed by atoms with van der Waals surface area (Å²) in [4.78, 5) is 0. The quantitative estimate of drug-likeness (QED) is 0.777. The van der Waals surface area contributed by atoms with Crippen molar-refractivity contribution in [3.63, 3.8) is 0 Å². The van der Waals surface area contributed by atoms with Gasteiger partial charge >= 0.3 is 6.18 Å². The number of alkyl halides is 3. The SMILES string of the molecule is CCNC(COCC(F)(F)F)Cc1ccc(Cl)c(F)c1. The van der Waals surface area contributed by atoms with E-state index in [4.69, 9.17) is 11.6 Å². The van der Waals surface area contributed by atoms with Gasteiger partial charge in [0.25, 0.3) is 0 Å². The fourth-order valence-corrected chi connectivity index (χ4v) is 1.86. The minimum Gasteiger partial charge on any atom is -0.370 e. The molecule has 0 spiro atoms. The van der Waals surface area contributed by atoms with Crippen LogP contribution in [0.25, 0.3) is 0 Å². The maximum Gasteiger partial charge on any atom is 0.411 e. The minimum atomic E-state index is -4.34. The second kappa shape index (κ2) is 7.81. The summed E-state index contributed by atoms with van der Waals surface area (Å²) in [6.07, 6.45) is -3.98. The number of nitrogens with one attached hydrogen (secondary N) is 1. The van der Waals surface area contributed by atoms with Crippen molar-refractivity contribution in [3.05, 3.63) is 34.6 Å². The van der Waals surface area contributed by atoms with Gasteiger partial charge in [0, 0.05) is 6.04 Å². The van der Waals surface area contributed by atoms with Gasteiger partial charge in [-0.3, -0.25) is 0 Å². The van der Waals surface area contributed by atoms with E-state index in [1.807, 2.05) is 6.92 Å². The van der Waals surface area contributed by atoms with Gasteiger partial charge in [-0.15, -0.1) is 0 Å². The lowest BCUT2D eigenvalue weighted by Crippen LogP contribution is -2.36. The molecule has 1 aromatic carbocycles. The molecule has 1 N–H and O–H groups in total. The molecule has 0 saturated carbocycles. The Labute approximate surface area is 120 Å². The Morgan fingerprint density at radius 1 is 1.35 bits per heavy atom. The second-order valence-corrected chi connectivity index (χ2v) is 4.74. The van der Waals surface area contributed by atoms with Gasteiger partial charge in [-0.25, -0.2) is 4.39 Å². The third-order valence-electron chi connectivity index (χ3n) is 2.54. The first kappa shape index (κ1) is 17.2. The lowest BCUT2D eigenvalue weighted by molar-refractivity contribution is -0.175. The fraction of sp³-hybridized carbons (Fsp3) is 0.538. The number of likely N-dealkylation sites (N-methyl/N-ethyl adjacent to an activating group) is 1. The third-order valence-corrected chi connectivity index (χ3v) is 2.85. The van der Waals surface area contributed by atoms with E-state index in [9.17, 15) is 17.6 Å². The van der Waals surface area contributed by atoms with Crippen LogP contribution in [0.4, 0.5) is 17.6 Å². The Morgan fingerprint density at radius 2 is 2.05 bits per heavy atom. The summed E-state index contributed by atoms with van der Waals surface area (Å²) in [5.41, 5.74) is 0.647. The zero-order chi connectivity index (χ0) is 15.2. The van der Waals surface area contributed by atoms with E-state index in [1.54, 1.807) is 6.07 Å². The predicted octanol–water partition coefficient (Wildman–Crippen LogP) is 3.58. The molecule has 0 aromatic heterocycles. The van der Waals surface area contributed by atoms with Gasteiger partial charge in [0.1, 0.15) is 12.4 Å². The second-order valence-electron chi connectivity index (χ2n) is 4.34. The standard InChI is InChI=1S/C13H16ClF4NO/c1-2-19-10(7-20-8-13(16,17)18)5-9-3-4-11(14)12(15)6-9/h3-4,6,10,19H,2,5,7-8H2,1H3. The number of rotatable bonds is 7. The first-order valence-electron chi connectivity index (χ1n) is 6.13. The summed E-state index contributed by atoms with van der Waals surface area (Å²) in [5, 5.41) is 3.02. The van der Waals surface area contributed by atoms with E-state index < -0.39 is 18.6 Å². The molecule has 1 unspecified atom stereocenters. The molecule has 1 aromatic rings. The molecule has 2 nitrogen and oxygen atoms in total. The van der Waals surface area contributed by atoms with Crippen LogP contribution in [0, 0.1) is 5.82 Å². The topological polar surface area (TPSA) is 21.3 Å². The molecule has 0 saturated heterocycles. The average Bonchev–Trinajstić information content (AvgIpc) is 2.32. The van der Waals surface area contributed by atoms with Crippen molar-refractivity contribution < 1.29 is 22.3 Å². The number of halogens is 5. The number of hydrogen-bond acceptors (Lipinski definition) is 2. The summed E-state index contributed by atoms with van der Waals surface area (Å²) in [7, 11) is 0. The highest BCUT2D eigenvalue weighted by molar-refractivity contribution is 6.30. The molecule has 0 radical (unpaired) electrons. The lowest BCUT2D eigenvalue weighted by atomic mass is 10.1. The monoisotopic (exact) mass is 313 g/mol. The summed E-state index contributed by atoms with van der Waals surface area (Å²) < 4.78 is 53.9. The Kier molecular flexibility index (Phi) is 6.71. The van der Waals surface area contributed by atoms with Crippen molar-refractivity contribution in [2.75, 3.05) is 19.8 Å². The Bertz CT molecular complexity index is 425. The largest absolute Gasteiger partial charge is 0.411 e. The van der Waals surface area contributed by atoms with Crippen molar-refractivity contribution >= 4 is 11.6 Å². The van der Waals surface area contributed by atoms with Crippen molar-refractivity contribution in [3.8, 4) is 0 Å². The van der Waals surface area contributed by atoms with Gasteiger partial charge in [-0.2, -0.15) is 13.2 Å². The molecular weight excluding hydrogens is 298 g/mol. The van der Waals surface area contributed by atoms with Crippen molar-refractivity contribution in [1.82, 2.24) is 5.32 Å². The Hall–Kier alpha value is -0.850. The molecular formula is C13H16ClF4NO. The zero-order valence-electron chi connectivity index (χ0n) is 10.9. The molecule has 1 atom stereocenters. The highest BCUT2D eigenvalue weighted by atomic mass is 35.5. The highest BCUT2D eigenvalue weighted by Gasteiger charge is 2.27. The van der Waals surface area contributed by atoms with Crippen molar-refractivity contribution in [1.29, 1.82) is 0 Å². The zero-order valence-corrected chi connectivity index (χ0v) is 11.7. The smallest absolute Gasteiger partial charge is 0.370 e. The molecule has 0 aliphatic rings. The minimum absolute atomic E-state index is 0.0158. The lowest BCUT2D eigenvalue weighted by Gasteiger charge is -2.19. The molecule has 7 heteroatoms. The van der Waals surface area contributed by atoms with Gasteiger partial charge < -0.3 is 10.1 Å². The first-order valence-corrected chi connectivity index (χ1v) is 6.51. The van der Waals surface area contributed by atoms with E-state index in [2.05, 4.69) is 10.1 Å². The molecule has 1 rings (SSSR count). The maximum atomic E-state index is 13.3. The van der Waals surface area contributed by atoms with E-state index in [1.165, 1.54) is 12.1 Å². The van der Waals surface area contributed by atoms with Crippen molar-refractivity contribution in [2.24, 2.45) is 0 Å². The molecule has 0 fully saturated rings. The normalized spacial score (nSPS) is 13.5. The van der Waals surface area contributed by atoms with Gasteiger partial charge in [0.05, 0.1) is 11.6 Å². The molecule has 114 valence electrons. The van der Waals surface area contributed by atoms with Gasteiger partial charge in [-0.1, -0.05) is 24.6 Å². The van der Waals surface area contributed by atoms with Crippen LogP contribution in [-0.4, -0.2) is 32.0 Å². The number of benzene rings is 1. The van der Waals surface area contributed by atoms with E-state index in [0.29, 0.717) is 18.5 Å². The summed E-state index contributed by atoms with van der Waals surface area (Å²) in [6.45, 7) is 1.02. The predicted molar refractivity (Wildman–Crippen MR) is 69.5 cm³/mol. The maximum absolute atomic E-state index is 13.3. The van der Waals surface area contributed by atoms with E-state index in [0.717, 1.165) is 0 Å². The number of hydrogen-bond donors (Lipinski definition) is 1.